The molecule has 0 unspecified atom stereocenters. The number of nitrogens with two attached hydrogens (primary N) is 1. The Morgan fingerprint density at radius 2 is 2.20 bits per heavy atom. The van der Waals surface area contributed by atoms with Gasteiger partial charge in [-0.2, -0.15) is 0 Å². The normalized spacial score (nSPS) is 10.3. The minimum absolute atomic E-state index is 0.190. The monoisotopic (exact) mass is 208 g/mol. The molecule has 2 rings (SSSR count). The summed E-state index contributed by atoms with van der Waals surface area (Å²) in [5.41, 5.74) is 6.45. The molecule has 0 saturated heterocycles. The zero-order valence-electron chi connectivity index (χ0n) is 8.03. The van der Waals surface area contributed by atoms with Gasteiger partial charge in [0, 0.05) is 11.6 Å². The van der Waals surface area contributed by atoms with Gasteiger partial charge in [0.25, 0.3) is 0 Å². The van der Waals surface area contributed by atoms with E-state index in [-0.39, 0.29) is 11.6 Å². The molecule has 1 aromatic carbocycles. The molecule has 4 nitrogen and oxygen atoms in total. The predicted octanol–water partition coefficient (Wildman–Crippen LogP) is 2.07. The van der Waals surface area contributed by atoms with Crippen LogP contribution in [0.25, 0.3) is 11.3 Å². The van der Waals surface area contributed by atoms with Crippen molar-refractivity contribution in [3.8, 4) is 17.0 Å². The van der Waals surface area contributed by atoms with Crippen LogP contribution >= 0.6 is 0 Å². The first-order valence-electron chi connectivity index (χ1n) is 4.27. The third kappa shape index (κ3) is 1.76. The van der Waals surface area contributed by atoms with Gasteiger partial charge in [0.05, 0.1) is 7.11 Å². The zero-order chi connectivity index (χ0) is 10.8. The number of ether oxygens (including phenoxy) is 1. The highest BCUT2D eigenvalue weighted by Gasteiger charge is 2.08. The van der Waals surface area contributed by atoms with Gasteiger partial charge in [0.15, 0.2) is 11.6 Å². The van der Waals surface area contributed by atoms with Gasteiger partial charge in [0.2, 0.25) is 5.88 Å². The second-order valence-corrected chi connectivity index (χ2v) is 2.96. The molecule has 5 heteroatoms. The third-order valence-electron chi connectivity index (χ3n) is 1.98. The standard InChI is InChI=1S/C10H9FN2O2/c1-14-9-3-2-6(4-7(9)11)8-5-10(12)15-13-8/h2-5H,12H2,1H3. The summed E-state index contributed by atoms with van der Waals surface area (Å²) in [6, 6.07) is 6.05. The Bertz CT molecular complexity index is 482. The van der Waals surface area contributed by atoms with Crippen LogP contribution in [-0.2, 0) is 0 Å². The number of methoxy groups -OCH3 is 1. The molecule has 1 aromatic heterocycles. The molecule has 0 fully saturated rings. The Kier molecular flexibility index (Phi) is 2.29. The van der Waals surface area contributed by atoms with Gasteiger partial charge in [0.1, 0.15) is 5.69 Å². The fourth-order valence-corrected chi connectivity index (χ4v) is 1.25. The minimum Gasteiger partial charge on any atom is -0.494 e. The Balaban J connectivity index is 2.42. The maximum Gasteiger partial charge on any atom is 0.222 e. The smallest absolute Gasteiger partial charge is 0.222 e. The van der Waals surface area contributed by atoms with Gasteiger partial charge in [-0.3, -0.25) is 0 Å². The molecule has 2 aromatic rings. The van der Waals surface area contributed by atoms with E-state index in [1.807, 2.05) is 0 Å². The number of halogens is 1. The van der Waals surface area contributed by atoms with Crippen molar-refractivity contribution in [3.63, 3.8) is 0 Å². The van der Waals surface area contributed by atoms with Crippen LogP contribution in [-0.4, -0.2) is 12.3 Å². The summed E-state index contributed by atoms with van der Waals surface area (Å²) in [6.45, 7) is 0. The molecule has 0 radical (unpaired) electrons. The average molecular weight is 208 g/mol. The maximum absolute atomic E-state index is 13.3. The van der Waals surface area contributed by atoms with Gasteiger partial charge < -0.3 is 15.0 Å². The SMILES string of the molecule is COc1ccc(-c2cc(N)on2)cc1F. The quantitative estimate of drug-likeness (QED) is 0.820. The summed E-state index contributed by atoms with van der Waals surface area (Å²) in [6.07, 6.45) is 0. The molecule has 2 N–H and O–H groups in total. The van der Waals surface area contributed by atoms with Gasteiger partial charge in [-0.15, -0.1) is 0 Å². The summed E-state index contributed by atoms with van der Waals surface area (Å²) < 4.78 is 22.8. The lowest BCUT2D eigenvalue weighted by Gasteiger charge is -2.02. The lowest BCUT2D eigenvalue weighted by Crippen LogP contribution is -1.88. The molecular weight excluding hydrogens is 199 g/mol. The molecule has 1 heterocycles. The molecule has 0 saturated carbocycles. The van der Waals surface area contributed by atoms with Gasteiger partial charge in [-0.1, -0.05) is 5.16 Å². The molecule has 0 spiro atoms. The largest absolute Gasteiger partial charge is 0.494 e. The van der Waals surface area contributed by atoms with Gasteiger partial charge in [-0.05, 0) is 18.2 Å². The van der Waals surface area contributed by atoms with Crippen molar-refractivity contribution in [1.29, 1.82) is 0 Å². The fourth-order valence-electron chi connectivity index (χ4n) is 1.25. The summed E-state index contributed by atoms with van der Waals surface area (Å²) in [4.78, 5) is 0. The first kappa shape index (κ1) is 9.51. The number of nitrogen functional groups attached to an aromatic ring is 1. The first-order valence-corrected chi connectivity index (χ1v) is 4.27. The Labute approximate surface area is 85.4 Å². The molecule has 78 valence electrons. The molecular formula is C10H9FN2O2. The van der Waals surface area contributed by atoms with Crippen molar-refractivity contribution in [2.24, 2.45) is 0 Å². The van der Waals surface area contributed by atoms with Crippen LogP contribution in [0.2, 0.25) is 0 Å². The fraction of sp³-hybridized carbons (Fsp3) is 0.100. The number of nitrogens with zero attached hydrogens (tertiary/aromatic N) is 1. The number of anilines is 1. The maximum atomic E-state index is 13.3. The number of rotatable bonds is 2. The molecule has 0 amide bonds. The Morgan fingerprint density at radius 3 is 2.73 bits per heavy atom. The predicted molar refractivity (Wildman–Crippen MR) is 52.9 cm³/mol. The number of aromatic nitrogens is 1. The second-order valence-electron chi connectivity index (χ2n) is 2.96. The van der Waals surface area contributed by atoms with Crippen LogP contribution in [0.3, 0.4) is 0 Å². The van der Waals surface area contributed by atoms with E-state index >= 15 is 0 Å². The summed E-state index contributed by atoms with van der Waals surface area (Å²) in [5.74, 6) is -0.0620. The Morgan fingerprint density at radius 1 is 1.40 bits per heavy atom. The van der Waals surface area contributed by atoms with E-state index in [2.05, 4.69) is 9.68 Å². The highest BCUT2D eigenvalue weighted by Crippen LogP contribution is 2.25. The highest BCUT2D eigenvalue weighted by molar-refractivity contribution is 5.62. The van der Waals surface area contributed by atoms with Crippen molar-refractivity contribution < 1.29 is 13.7 Å². The third-order valence-corrected chi connectivity index (χ3v) is 1.98. The average Bonchev–Trinajstić information content (AvgIpc) is 2.65. The topological polar surface area (TPSA) is 61.3 Å². The first-order chi connectivity index (χ1) is 7.20. The van der Waals surface area contributed by atoms with E-state index in [1.165, 1.54) is 25.3 Å². The van der Waals surface area contributed by atoms with E-state index in [4.69, 9.17) is 10.5 Å². The van der Waals surface area contributed by atoms with Crippen LogP contribution in [0, 0.1) is 5.82 Å². The van der Waals surface area contributed by atoms with E-state index in [0.29, 0.717) is 11.3 Å². The van der Waals surface area contributed by atoms with E-state index < -0.39 is 5.82 Å². The van der Waals surface area contributed by atoms with Crippen LogP contribution in [0.1, 0.15) is 0 Å². The minimum atomic E-state index is -0.448. The lowest BCUT2D eigenvalue weighted by molar-refractivity contribution is 0.386. The van der Waals surface area contributed by atoms with Crippen molar-refractivity contribution in [3.05, 3.63) is 30.1 Å². The molecule has 15 heavy (non-hydrogen) atoms. The van der Waals surface area contributed by atoms with E-state index in [0.717, 1.165) is 0 Å². The van der Waals surface area contributed by atoms with Gasteiger partial charge in [-0.25, -0.2) is 4.39 Å². The molecule has 0 atom stereocenters. The highest BCUT2D eigenvalue weighted by atomic mass is 19.1. The molecule has 0 bridgehead atoms. The Hall–Kier alpha value is -2.04. The number of benzene rings is 1. The van der Waals surface area contributed by atoms with Crippen LogP contribution in [0.4, 0.5) is 10.3 Å². The van der Waals surface area contributed by atoms with Crippen molar-refractivity contribution in [2.75, 3.05) is 12.8 Å². The van der Waals surface area contributed by atoms with E-state index in [9.17, 15) is 4.39 Å². The van der Waals surface area contributed by atoms with Crippen LogP contribution in [0.15, 0.2) is 28.8 Å². The van der Waals surface area contributed by atoms with Gasteiger partial charge >= 0.3 is 0 Å². The van der Waals surface area contributed by atoms with Crippen LogP contribution in [0.5, 0.6) is 5.75 Å². The van der Waals surface area contributed by atoms with Crippen molar-refractivity contribution in [2.45, 2.75) is 0 Å². The van der Waals surface area contributed by atoms with Crippen molar-refractivity contribution >= 4 is 5.88 Å². The zero-order valence-corrected chi connectivity index (χ0v) is 8.03. The molecule has 0 aliphatic rings. The molecule has 0 aliphatic carbocycles. The van der Waals surface area contributed by atoms with E-state index in [1.54, 1.807) is 6.07 Å². The summed E-state index contributed by atoms with van der Waals surface area (Å²) in [7, 11) is 1.41. The van der Waals surface area contributed by atoms with Crippen LogP contribution < -0.4 is 10.5 Å². The summed E-state index contributed by atoms with van der Waals surface area (Å²) in [5, 5.41) is 3.68. The lowest BCUT2D eigenvalue weighted by atomic mass is 10.1. The summed E-state index contributed by atoms with van der Waals surface area (Å²) >= 11 is 0. The second kappa shape index (κ2) is 3.61. The molecule has 0 aliphatic heterocycles. The number of hydrogen-bond acceptors (Lipinski definition) is 4. The van der Waals surface area contributed by atoms with Crippen molar-refractivity contribution in [1.82, 2.24) is 5.16 Å². The number of hydrogen-bond donors (Lipinski definition) is 1.